The zero-order chi connectivity index (χ0) is 11.7. The summed E-state index contributed by atoms with van der Waals surface area (Å²) in [6.07, 6.45) is 0. The van der Waals surface area contributed by atoms with Crippen molar-refractivity contribution in [1.29, 1.82) is 0 Å². The van der Waals surface area contributed by atoms with Crippen LogP contribution < -0.4 is 5.73 Å². The maximum atomic E-state index is 6.16. The summed E-state index contributed by atoms with van der Waals surface area (Å²) in [5.41, 5.74) is 7.65. The number of hydrogen-bond donors (Lipinski definition) is 1. The number of anilines is 1. The molecule has 3 nitrogen and oxygen atoms in total. The summed E-state index contributed by atoms with van der Waals surface area (Å²) in [6, 6.07) is 9.80. The lowest BCUT2D eigenvalue weighted by Gasteiger charge is -2.11. The van der Waals surface area contributed by atoms with Gasteiger partial charge in [-0.05, 0) is 19.9 Å². The highest BCUT2D eigenvalue weighted by Crippen LogP contribution is 2.30. The Hall–Kier alpha value is -1.48. The van der Waals surface area contributed by atoms with Gasteiger partial charge < -0.3 is 5.73 Å². The highest BCUT2D eigenvalue weighted by Gasteiger charge is 2.12. The minimum Gasteiger partial charge on any atom is -0.382 e. The molecule has 0 aliphatic heterocycles. The Morgan fingerprint density at radius 3 is 2.62 bits per heavy atom. The van der Waals surface area contributed by atoms with E-state index in [0.717, 1.165) is 11.3 Å². The molecule has 0 fully saturated rings. The zero-order valence-electron chi connectivity index (χ0n) is 9.31. The molecule has 16 heavy (non-hydrogen) atoms. The lowest BCUT2D eigenvalue weighted by Crippen LogP contribution is -2.05. The van der Waals surface area contributed by atoms with Gasteiger partial charge in [-0.1, -0.05) is 29.8 Å². The maximum Gasteiger partial charge on any atom is 0.146 e. The summed E-state index contributed by atoms with van der Waals surface area (Å²) in [6.45, 7) is 4.12. The number of rotatable bonds is 2. The van der Waals surface area contributed by atoms with Crippen LogP contribution in [0, 0.1) is 0 Å². The zero-order valence-corrected chi connectivity index (χ0v) is 10.1. The van der Waals surface area contributed by atoms with Gasteiger partial charge in [0.15, 0.2) is 0 Å². The second-order valence-electron chi connectivity index (χ2n) is 3.97. The standard InChI is InChI=1S/C12H14ClN3/c1-8(2)16-11(7-12(14)15-16)9-5-3-4-6-10(9)13/h3-8H,1-2H3,(H2,14,15). The van der Waals surface area contributed by atoms with Crippen LogP contribution in [0.15, 0.2) is 30.3 Å². The quantitative estimate of drug-likeness (QED) is 0.868. The largest absolute Gasteiger partial charge is 0.382 e. The van der Waals surface area contributed by atoms with E-state index < -0.39 is 0 Å². The normalized spacial score (nSPS) is 11.0. The SMILES string of the molecule is CC(C)n1nc(N)cc1-c1ccccc1Cl. The molecule has 0 saturated carbocycles. The highest BCUT2D eigenvalue weighted by molar-refractivity contribution is 6.33. The highest BCUT2D eigenvalue weighted by atomic mass is 35.5. The van der Waals surface area contributed by atoms with Crippen molar-refractivity contribution in [3.8, 4) is 11.3 Å². The lowest BCUT2D eigenvalue weighted by molar-refractivity contribution is 0.540. The maximum absolute atomic E-state index is 6.16. The predicted molar refractivity (Wildman–Crippen MR) is 67.5 cm³/mol. The molecule has 2 N–H and O–H groups in total. The van der Waals surface area contributed by atoms with Gasteiger partial charge in [0.05, 0.1) is 5.69 Å². The average molecular weight is 236 g/mol. The van der Waals surface area contributed by atoms with Gasteiger partial charge in [0.25, 0.3) is 0 Å². The number of nitrogens with two attached hydrogens (primary N) is 1. The van der Waals surface area contributed by atoms with Crippen molar-refractivity contribution in [2.45, 2.75) is 19.9 Å². The Labute approximate surface area is 99.8 Å². The third-order valence-electron chi connectivity index (χ3n) is 2.39. The van der Waals surface area contributed by atoms with Crippen LogP contribution in [0.25, 0.3) is 11.3 Å². The molecule has 1 aromatic heterocycles. The minimum atomic E-state index is 0.253. The van der Waals surface area contributed by atoms with Crippen LogP contribution >= 0.6 is 11.6 Å². The van der Waals surface area contributed by atoms with Gasteiger partial charge in [0.2, 0.25) is 0 Å². The van der Waals surface area contributed by atoms with Gasteiger partial charge in [0.1, 0.15) is 5.82 Å². The topological polar surface area (TPSA) is 43.8 Å². The number of nitrogen functional groups attached to an aromatic ring is 1. The molecule has 4 heteroatoms. The van der Waals surface area contributed by atoms with Crippen molar-refractivity contribution in [1.82, 2.24) is 9.78 Å². The van der Waals surface area contributed by atoms with Gasteiger partial charge in [-0.15, -0.1) is 0 Å². The molecule has 84 valence electrons. The van der Waals surface area contributed by atoms with Gasteiger partial charge in [-0.25, -0.2) is 0 Å². The Morgan fingerprint density at radius 1 is 1.31 bits per heavy atom. The first-order valence-electron chi connectivity index (χ1n) is 5.19. The number of benzene rings is 1. The number of halogens is 1. The third-order valence-corrected chi connectivity index (χ3v) is 2.72. The predicted octanol–water partition coefficient (Wildman–Crippen LogP) is 3.37. The molecular weight excluding hydrogens is 222 g/mol. The van der Waals surface area contributed by atoms with Gasteiger partial charge in [0, 0.05) is 22.7 Å². The van der Waals surface area contributed by atoms with E-state index in [4.69, 9.17) is 17.3 Å². The Bertz CT molecular complexity index is 503. The smallest absolute Gasteiger partial charge is 0.146 e. The van der Waals surface area contributed by atoms with E-state index in [0.29, 0.717) is 10.8 Å². The molecule has 0 unspecified atom stereocenters. The molecule has 2 aromatic rings. The van der Waals surface area contributed by atoms with Crippen LogP contribution in [0.5, 0.6) is 0 Å². The summed E-state index contributed by atoms with van der Waals surface area (Å²) in [5, 5.41) is 4.98. The molecule has 1 heterocycles. The molecule has 0 saturated heterocycles. The molecule has 0 aliphatic rings. The molecule has 0 aliphatic carbocycles. The fourth-order valence-corrected chi connectivity index (χ4v) is 1.91. The molecular formula is C12H14ClN3. The molecule has 0 bridgehead atoms. The van der Waals surface area contributed by atoms with E-state index in [1.165, 1.54) is 0 Å². The Kier molecular flexibility index (Phi) is 2.88. The summed E-state index contributed by atoms with van der Waals surface area (Å²) in [4.78, 5) is 0. The third kappa shape index (κ3) is 1.91. The first kappa shape index (κ1) is 11.0. The fourth-order valence-electron chi connectivity index (χ4n) is 1.68. The van der Waals surface area contributed by atoms with Crippen LogP contribution in [0.3, 0.4) is 0 Å². The van der Waals surface area contributed by atoms with E-state index in [2.05, 4.69) is 18.9 Å². The van der Waals surface area contributed by atoms with Crippen molar-refractivity contribution in [2.24, 2.45) is 0 Å². The van der Waals surface area contributed by atoms with E-state index in [9.17, 15) is 0 Å². The molecule has 0 amide bonds. The average Bonchev–Trinajstić information content (AvgIpc) is 2.61. The van der Waals surface area contributed by atoms with Crippen LogP contribution in [0.1, 0.15) is 19.9 Å². The molecule has 0 spiro atoms. The molecule has 2 rings (SSSR count). The van der Waals surface area contributed by atoms with Crippen molar-refractivity contribution < 1.29 is 0 Å². The second kappa shape index (κ2) is 4.18. The number of nitrogens with zero attached hydrogens (tertiary/aromatic N) is 2. The Balaban J connectivity index is 2.60. The number of hydrogen-bond acceptors (Lipinski definition) is 2. The van der Waals surface area contributed by atoms with Crippen LogP contribution in [0.4, 0.5) is 5.82 Å². The molecule has 0 atom stereocenters. The van der Waals surface area contributed by atoms with Crippen molar-refractivity contribution in [2.75, 3.05) is 5.73 Å². The second-order valence-corrected chi connectivity index (χ2v) is 4.38. The van der Waals surface area contributed by atoms with E-state index in [-0.39, 0.29) is 6.04 Å². The van der Waals surface area contributed by atoms with Gasteiger partial charge in [-0.3, -0.25) is 4.68 Å². The first-order valence-corrected chi connectivity index (χ1v) is 5.57. The van der Waals surface area contributed by atoms with Crippen molar-refractivity contribution in [3.63, 3.8) is 0 Å². The van der Waals surface area contributed by atoms with Crippen molar-refractivity contribution in [3.05, 3.63) is 35.4 Å². The van der Waals surface area contributed by atoms with Crippen LogP contribution in [-0.4, -0.2) is 9.78 Å². The van der Waals surface area contributed by atoms with E-state index >= 15 is 0 Å². The van der Waals surface area contributed by atoms with E-state index in [1.807, 2.05) is 35.0 Å². The first-order chi connectivity index (χ1) is 7.59. The molecule has 1 aromatic carbocycles. The fraction of sp³-hybridized carbons (Fsp3) is 0.250. The van der Waals surface area contributed by atoms with Crippen LogP contribution in [-0.2, 0) is 0 Å². The lowest BCUT2D eigenvalue weighted by atomic mass is 10.1. The summed E-state index contributed by atoms with van der Waals surface area (Å²) in [5.74, 6) is 0.517. The monoisotopic (exact) mass is 235 g/mol. The Morgan fingerprint density at radius 2 is 2.00 bits per heavy atom. The number of aromatic nitrogens is 2. The van der Waals surface area contributed by atoms with Gasteiger partial charge >= 0.3 is 0 Å². The minimum absolute atomic E-state index is 0.253. The van der Waals surface area contributed by atoms with Crippen LogP contribution in [0.2, 0.25) is 5.02 Å². The van der Waals surface area contributed by atoms with Crippen molar-refractivity contribution >= 4 is 17.4 Å². The summed E-state index contributed by atoms with van der Waals surface area (Å²) < 4.78 is 1.89. The summed E-state index contributed by atoms with van der Waals surface area (Å²) >= 11 is 6.16. The van der Waals surface area contributed by atoms with E-state index in [1.54, 1.807) is 0 Å². The summed E-state index contributed by atoms with van der Waals surface area (Å²) in [7, 11) is 0. The molecule has 0 radical (unpaired) electrons. The van der Waals surface area contributed by atoms with Gasteiger partial charge in [-0.2, -0.15) is 5.10 Å².